The third-order valence-electron chi connectivity index (χ3n) is 3.85. The van der Waals surface area contributed by atoms with E-state index < -0.39 is 0 Å². The smallest absolute Gasteiger partial charge is 0.188 e. The van der Waals surface area contributed by atoms with Crippen LogP contribution in [0.3, 0.4) is 0 Å². The molecule has 0 saturated carbocycles. The highest BCUT2D eigenvalue weighted by molar-refractivity contribution is 9.10. The van der Waals surface area contributed by atoms with E-state index in [1.165, 1.54) is 44.9 Å². The van der Waals surface area contributed by atoms with Crippen molar-refractivity contribution < 1.29 is 14.3 Å². The van der Waals surface area contributed by atoms with Gasteiger partial charge in [0.2, 0.25) is 0 Å². The molecule has 23 heavy (non-hydrogen) atoms. The molecule has 130 valence electrons. The van der Waals surface area contributed by atoms with Crippen LogP contribution in [-0.4, -0.2) is 26.1 Å². The number of ketones is 1. The molecule has 0 aliphatic rings. The molecule has 0 atom stereocenters. The molecule has 0 aromatic heterocycles. The van der Waals surface area contributed by atoms with E-state index in [1.54, 1.807) is 25.3 Å². The molecular formula is C19H29BrO3. The molecule has 4 heteroatoms. The summed E-state index contributed by atoms with van der Waals surface area (Å²) >= 11 is 3.39. The van der Waals surface area contributed by atoms with Crippen molar-refractivity contribution in [2.24, 2.45) is 0 Å². The Hall–Kier alpha value is -0.870. The lowest BCUT2D eigenvalue weighted by Crippen LogP contribution is -2.10. The maximum atomic E-state index is 12.0. The average Bonchev–Trinajstić information content (AvgIpc) is 2.56. The SMILES string of the molecule is CCCCCCCCCCOCC(=O)c1ccc(OC)c(Br)c1. The van der Waals surface area contributed by atoms with E-state index in [2.05, 4.69) is 22.9 Å². The van der Waals surface area contributed by atoms with Crippen LogP contribution in [0.4, 0.5) is 0 Å². The van der Waals surface area contributed by atoms with E-state index in [4.69, 9.17) is 9.47 Å². The Kier molecular flexibility index (Phi) is 11.0. The minimum atomic E-state index is 0.00733. The highest BCUT2D eigenvalue weighted by Gasteiger charge is 2.09. The number of unbranched alkanes of at least 4 members (excludes halogenated alkanes) is 7. The number of benzene rings is 1. The number of rotatable bonds is 13. The van der Waals surface area contributed by atoms with Gasteiger partial charge in [0.05, 0.1) is 11.6 Å². The number of carbonyl (C=O) groups is 1. The van der Waals surface area contributed by atoms with Crippen molar-refractivity contribution in [1.29, 1.82) is 0 Å². The predicted molar refractivity (Wildman–Crippen MR) is 98.5 cm³/mol. The lowest BCUT2D eigenvalue weighted by molar-refractivity contribution is 0.0752. The summed E-state index contributed by atoms with van der Waals surface area (Å²) < 4.78 is 11.4. The van der Waals surface area contributed by atoms with Crippen molar-refractivity contribution in [2.75, 3.05) is 20.3 Å². The highest BCUT2D eigenvalue weighted by Crippen LogP contribution is 2.25. The highest BCUT2D eigenvalue weighted by atomic mass is 79.9. The van der Waals surface area contributed by atoms with Crippen LogP contribution in [0, 0.1) is 0 Å². The number of ether oxygens (including phenoxy) is 2. The molecule has 0 aliphatic heterocycles. The van der Waals surface area contributed by atoms with Crippen LogP contribution in [0.1, 0.15) is 68.6 Å². The monoisotopic (exact) mass is 384 g/mol. The van der Waals surface area contributed by atoms with Gasteiger partial charge >= 0.3 is 0 Å². The van der Waals surface area contributed by atoms with Gasteiger partial charge in [-0.05, 0) is 40.5 Å². The molecule has 1 rings (SSSR count). The van der Waals surface area contributed by atoms with Crippen LogP contribution in [0.2, 0.25) is 0 Å². The number of carbonyl (C=O) groups excluding carboxylic acids is 1. The Bertz CT molecular complexity index is 460. The summed E-state index contributed by atoms with van der Waals surface area (Å²) in [6, 6.07) is 5.34. The standard InChI is InChI=1S/C19H29BrO3/c1-3-4-5-6-7-8-9-10-13-23-15-18(21)16-11-12-19(22-2)17(20)14-16/h11-12,14H,3-10,13,15H2,1-2H3. The zero-order valence-electron chi connectivity index (χ0n) is 14.4. The minimum absolute atomic E-state index is 0.00733. The van der Waals surface area contributed by atoms with Gasteiger partial charge in [-0.25, -0.2) is 0 Å². The second-order valence-corrected chi connectivity index (χ2v) is 6.65. The topological polar surface area (TPSA) is 35.5 Å². The van der Waals surface area contributed by atoms with E-state index in [0.717, 1.165) is 16.6 Å². The summed E-state index contributed by atoms with van der Waals surface area (Å²) in [5.74, 6) is 0.731. The van der Waals surface area contributed by atoms with Gasteiger partial charge in [0.25, 0.3) is 0 Å². The first-order valence-corrected chi connectivity index (χ1v) is 9.42. The lowest BCUT2D eigenvalue weighted by atomic mass is 10.1. The molecule has 1 aromatic rings. The summed E-state index contributed by atoms with van der Waals surface area (Å²) in [6.07, 6.45) is 10.2. The first kappa shape index (κ1) is 20.2. The molecular weight excluding hydrogens is 356 g/mol. The molecule has 3 nitrogen and oxygen atoms in total. The zero-order valence-corrected chi connectivity index (χ0v) is 16.0. The van der Waals surface area contributed by atoms with Crippen molar-refractivity contribution in [3.8, 4) is 5.75 Å². The van der Waals surface area contributed by atoms with Gasteiger partial charge in [-0.15, -0.1) is 0 Å². The molecule has 0 radical (unpaired) electrons. The maximum Gasteiger partial charge on any atom is 0.188 e. The van der Waals surface area contributed by atoms with Crippen molar-refractivity contribution in [1.82, 2.24) is 0 Å². The Morgan fingerprint density at radius 3 is 2.30 bits per heavy atom. The fraction of sp³-hybridized carbons (Fsp3) is 0.632. The first-order chi connectivity index (χ1) is 11.2. The van der Waals surface area contributed by atoms with Crippen LogP contribution in [0.15, 0.2) is 22.7 Å². The van der Waals surface area contributed by atoms with Crippen LogP contribution in [-0.2, 0) is 4.74 Å². The van der Waals surface area contributed by atoms with Gasteiger partial charge < -0.3 is 9.47 Å². The number of hydrogen-bond donors (Lipinski definition) is 0. The van der Waals surface area contributed by atoms with E-state index in [1.807, 2.05) is 0 Å². The molecule has 0 spiro atoms. The predicted octanol–water partition coefficient (Wildman–Crippen LogP) is 5.80. The van der Waals surface area contributed by atoms with Gasteiger partial charge in [-0.1, -0.05) is 51.9 Å². The number of hydrogen-bond acceptors (Lipinski definition) is 3. The minimum Gasteiger partial charge on any atom is -0.496 e. The molecule has 0 N–H and O–H groups in total. The maximum absolute atomic E-state index is 12.0. The van der Waals surface area contributed by atoms with Crippen molar-refractivity contribution in [3.63, 3.8) is 0 Å². The third-order valence-corrected chi connectivity index (χ3v) is 4.47. The molecule has 0 saturated heterocycles. The second-order valence-electron chi connectivity index (χ2n) is 5.80. The van der Waals surface area contributed by atoms with Crippen LogP contribution in [0.5, 0.6) is 5.75 Å². The molecule has 0 fully saturated rings. The molecule has 1 aromatic carbocycles. The van der Waals surface area contributed by atoms with E-state index in [0.29, 0.717) is 12.2 Å². The summed E-state index contributed by atoms with van der Waals surface area (Å²) in [6.45, 7) is 3.05. The molecule has 0 unspecified atom stereocenters. The van der Waals surface area contributed by atoms with Gasteiger partial charge in [0.15, 0.2) is 5.78 Å². The van der Waals surface area contributed by atoms with Crippen molar-refractivity contribution in [2.45, 2.75) is 58.3 Å². The van der Waals surface area contributed by atoms with Gasteiger partial charge in [0.1, 0.15) is 12.4 Å². The van der Waals surface area contributed by atoms with Gasteiger partial charge in [-0.2, -0.15) is 0 Å². The van der Waals surface area contributed by atoms with Gasteiger partial charge in [-0.3, -0.25) is 4.79 Å². The zero-order chi connectivity index (χ0) is 16.9. The third kappa shape index (κ3) is 8.52. The Balaban J connectivity index is 2.09. The van der Waals surface area contributed by atoms with Crippen molar-refractivity contribution >= 4 is 21.7 Å². The Labute approximate surface area is 148 Å². The molecule has 0 bridgehead atoms. The van der Waals surface area contributed by atoms with Crippen LogP contribution in [0.25, 0.3) is 0 Å². The first-order valence-electron chi connectivity index (χ1n) is 8.63. The van der Waals surface area contributed by atoms with E-state index in [-0.39, 0.29) is 12.4 Å². The number of Topliss-reactive ketones (excluding diaryl/α,β-unsaturated/α-hetero) is 1. The van der Waals surface area contributed by atoms with Crippen LogP contribution < -0.4 is 4.74 Å². The van der Waals surface area contributed by atoms with Crippen molar-refractivity contribution in [3.05, 3.63) is 28.2 Å². The molecule has 0 heterocycles. The van der Waals surface area contributed by atoms with E-state index in [9.17, 15) is 4.79 Å². The van der Waals surface area contributed by atoms with Crippen LogP contribution >= 0.6 is 15.9 Å². The second kappa shape index (κ2) is 12.5. The normalized spacial score (nSPS) is 10.7. The number of halogens is 1. The molecule has 0 aliphatic carbocycles. The number of methoxy groups -OCH3 is 1. The average molecular weight is 385 g/mol. The van der Waals surface area contributed by atoms with Gasteiger partial charge in [0, 0.05) is 12.2 Å². The summed E-state index contributed by atoms with van der Waals surface area (Å²) in [5, 5.41) is 0. The fourth-order valence-corrected chi connectivity index (χ4v) is 2.97. The molecule has 0 amide bonds. The summed E-state index contributed by atoms with van der Waals surface area (Å²) in [5.41, 5.74) is 0.647. The lowest BCUT2D eigenvalue weighted by Gasteiger charge is -2.07. The van der Waals surface area contributed by atoms with E-state index >= 15 is 0 Å². The largest absolute Gasteiger partial charge is 0.496 e. The summed E-state index contributed by atoms with van der Waals surface area (Å²) in [4.78, 5) is 12.0. The Morgan fingerprint density at radius 1 is 1.04 bits per heavy atom. The fourth-order valence-electron chi connectivity index (χ4n) is 2.43. The Morgan fingerprint density at radius 2 is 1.70 bits per heavy atom. The summed E-state index contributed by atoms with van der Waals surface area (Å²) in [7, 11) is 1.61. The quantitative estimate of drug-likeness (QED) is 0.318.